The number of aromatic nitrogens is 2. The molecule has 1 N–H and O–H groups in total. The van der Waals surface area contributed by atoms with E-state index in [1.54, 1.807) is 0 Å². The summed E-state index contributed by atoms with van der Waals surface area (Å²) in [4.78, 5) is 22.9. The van der Waals surface area contributed by atoms with E-state index in [-0.39, 0.29) is 11.7 Å². The number of hydrogen-bond donors (Lipinski definition) is 1. The van der Waals surface area contributed by atoms with Crippen molar-refractivity contribution in [2.75, 3.05) is 5.32 Å². The zero-order chi connectivity index (χ0) is 13.0. The highest BCUT2D eigenvalue weighted by atomic mass is 32.2. The number of fused-ring (bicyclic) bond motifs is 1. The third kappa shape index (κ3) is 1.50. The van der Waals surface area contributed by atoms with E-state index in [0.29, 0.717) is 0 Å². The maximum Gasteiger partial charge on any atom is 0.332 e. The average Bonchev–Trinajstić information content (AvgIpc) is 2.21. The molecule has 8 nitrogen and oxygen atoms in total. The van der Waals surface area contributed by atoms with Crippen LogP contribution in [0.25, 0.3) is 0 Å². The Morgan fingerprint density at radius 2 is 1.76 bits per heavy atom. The molecule has 1 aliphatic heterocycles. The third-order valence-electron chi connectivity index (χ3n) is 2.44. The van der Waals surface area contributed by atoms with Gasteiger partial charge in [0, 0.05) is 14.1 Å². The van der Waals surface area contributed by atoms with E-state index < -0.39 is 26.2 Å². The fourth-order valence-corrected chi connectivity index (χ4v) is 2.89. The van der Waals surface area contributed by atoms with Crippen LogP contribution in [-0.4, -0.2) is 23.4 Å². The minimum absolute atomic E-state index is 0.0504. The number of nitrogens with one attached hydrogen (secondary N) is 1. The maximum absolute atomic E-state index is 11.8. The minimum Gasteiger partial charge on any atom is -0.328 e. The predicted octanol–water partition coefficient (Wildman–Crippen LogP) is -1.38. The van der Waals surface area contributed by atoms with Gasteiger partial charge in [-0.25, -0.2) is 4.79 Å². The first-order valence-electron chi connectivity index (χ1n) is 4.64. The number of nitrogens with zero attached hydrogens (tertiary/aromatic N) is 3. The molecule has 0 radical (unpaired) electrons. The van der Waals surface area contributed by atoms with E-state index in [2.05, 4.69) is 9.71 Å². The molecule has 0 amide bonds. The van der Waals surface area contributed by atoms with Crippen molar-refractivity contribution in [2.45, 2.75) is 11.8 Å². The van der Waals surface area contributed by atoms with E-state index in [4.69, 9.17) is 0 Å². The van der Waals surface area contributed by atoms with Gasteiger partial charge in [-0.05, 0) is 6.92 Å². The van der Waals surface area contributed by atoms with E-state index >= 15 is 0 Å². The topological polar surface area (TPSA) is 103 Å². The van der Waals surface area contributed by atoms with Gasteiger partial charge in [0.2, 0.25) is 0 Å². The zero-order valence-corrected chi connectivity index (χ0v) is 10.2. The first-order chi connectivity index (χ1) is 7.75. The summed E-state index contributed by atoms with van der Waals surface area (Å²) in [5, 5.41) is 2.61. The lowest BCUT2D eigenvalue weighted by Gasteiger charge is -2.18. The van der Waals surface area contributed by atoms with Crippen molar-refractivity contribution in [1.82, 2.24) is 9.13 Å². The number of hydrogen-bond acceptors (Lipinski definition) is 5. The number of amidine groups is 1. The first-order valence-corrected chi connectivity index (χ1v) is 6.08. The zero-order valence-electron chi connectivity index (χ0n) is 9.38. The molecule has 0 saturated heterocycles. The second kappa shape index (κ2) is 3.29. The van der Waals surface area contributed by atoms with Gasteiger partial charge in [-0.15, -0.1) is 4.40 Å². The molecule has 17 heavy (non-hydrogen) atoms. The summed E-state index contributed by atoms with van der Waals surface area (Å²) in [5.74, 6) is 0.0614. The van der Waals surface area contributed by atoms with Crippen molar-refractivity contribution in [3.63, 3.8) is 0 Å². The Hall–Kier alpha value is -1.90. The molecule has 0 fully saturated rings. The van der Waals surface area contributed by atoms with Crippen molar-refractivity contribution in [3.05, 3.63) is 20.8 Å². The average molecular weight is 258 g/mol. The first kappa shape index (κ1) is 11.6. The molecule has 1 aliphatic rings. The van der Waals surface area contributed by atoms with Crippen molar-refractivity contribution < 1.29 is 8.42 Å². The molecule has 0 aromatic carbocycles. The van der Waals surface area contributed by atoms with Crippen LogP contribution >= 0.6 is 0 Å². The molecule has 0 atom stereocenters. The van der Waals surface area contributed by atoms with Crippen molar-refractivity contribution in [1.29, 1.82) is 0 Å². The lowest BCUT2D eigenvalue weighted by molar-refractivity contribution is 0.587. The highest BCUT2D eigenvalue weighted by Crippen LogP contribution is 2.21. The molecule has 0 saturated carbocycles. The fourth-order valence-electron chi connectivity index (χ4n) is 1.61. The second-order valence-electron chi connectivity index (χ2n) is 3.66. The summed E-state index contributed by atoms with van der Waals surface area (Å²) in [5.41, 5.74) is -1.49. The van der Waals surface area contributed by atoms with E-state index in [0.717, 1.165) is 9.13 Å². The summed E-state index contributed by atoms with van der Waals surface area (Å²) in [6, 6.07) is 0. The Morgan fingerprint density at radius 1 is 1.18 bits per heavy atom. The van der Waals surface area contributed by atoms with Gasteiger partial charge in [-0.3, -0.25) is 13.9 Å². The summed E-state index contributed by atoms with van der Waals surface area (Å²) in [6.45, 7) is 1.43. The normalized spacial score (nSPS) is 17.0. The van der Waals surface area contributed by atoms with E-state index in [1.165, 1.54) is 21.0 Å². The van der Waals surface area contributed by atoms with Crippen LogP contribution in [0.1, 0.15) is 6.92 Å². The SMILES string of the molecule is CC1=NS(=O)(=O)c2c(n(C)c(=O)n(C)c2=O)N1. The number of rotatable bonds is 0. The summed E-state index contributed by atoms with van der Waals surface area (Å²) in [7, 11) is -1.46. The van der Waals surface area contributed by atoms with Gasteiger partial charge in [-0.1, -0.05) is 0 Å². The van der Waals surface area contributed by atoms with Crippen LogP contribution in [0.4, 0.5) is 5.82 Å². The van der Waals surface area contributed by atoms with Crippen LogP contribution in [0, 0.1) is 0 Å². The molecule has 1 aromatic rings. The third-order valence-corrected chi connectivity index (χ3v) is 3.84. The van der Waals surface area contributed by atoms with Gasteiger partial charge in [0.15, 0.2) is 4.90 Å². The molecule has 2 rings (SSSR count). The largest absolute Gasteiger partial charge is 0.332 e. The maximum atomic E-state index is 11.8. The molecule has 0 bridgehead atoms. The molecule has 1 aromatic heterocycles. The Labute approximate surface area is 96.3 Å². The van der Waals surface area contributed by atoms with Gasteiger partial charge < -0.3 is 5.32 Å². The molecule has 9 heteroatoms. The van der Waals surface area contributed by atoms with Crippen molar-refractivity contribution >= 4 is 21.7 Å². The Bertz CT molecular complexity index is 753. The van der Waals surface area contributed by atoms with Gasteiger partial charge in [0.1, 0.15) is 11.7 Å². The fraction of sp³-hybridized carbons (Fsp3) is 0.375. The number of anilines is 1. The Morgan fingerprint density at radius 3 is 2.35 bits per heavy atom. The molecular weight excluding hydrogens is 248 g/mol. The smallest absolute Gasteiger partial charge is 0.328 e. The van der Waals surface area contributed by atoms with Crippen LogP contribution in [0.5, 0.6) is 0 Å². The quantitative estimate of drug-likeness (QED) is 0.617. The molecule has 2 heterocycles. The van der Waals surface area contributed by atoms with Gasteiger partial charge in [0.05, 0.1) is 0 Å². The van der Waals surface area contributed by atoms with Crippen molar-refractivity contribution in [3.8, 4) is 0 Å². The summed E-state index contributed by atoms with van der Waals surface area (Å²) in [6.07, 6.45) is 0. The van der Waals surface area contributed by atoms with Crippen molar-refractivity contribution in [2.24, 2.45) is 18.5 Å². The lowest BCUT2D eigenvalue weighted by atomic mass is 10.5. The van der Waals surface area contributed by atoms with Gasteiger partial charge in [0.25, 0.3) is 15.6 Å². The van der Waals surface area contributed by atoms with E-state index in [9.17, 15) is 18.0 Å². The molecule has 0 aliphatic carbocycles. The van der Waals surface area contributed by atoms with E-state index in [1.807, 2.05) is 0 Å². The summed E-state index contributed by atoms with van der Waals surface area (Å²) >= 11 is 0. The highest BCUT2D eigenvalue weighted by Gasteiger charge is 2.30. The monoisotopic (exact) mass is 258 g/mol. The van der Waals surface area contributed by atoms with Crippen LogP contribution in [0.15, 0.2) is 18.9 Å². The molecular formula is C8H10N4O4S. The van der Waals surface area contributed by atoms with Crippen LogP contribution in [0.3, 0.4) is 0 Å². The molecule has 0 unspecified atom stereocenters. The van der Waals surface area contributed by atoms with Gasteiger partial charge >= 0.3 is 5.69 Å². The minimum atomic E-state index is -4.05. The lowest BCUT2D eigenvalue weighted by Crippen LogP contribution is -2.42. The van der Waals surface area contributed by atoms with Crippen LogP contribution < -0.4 is 16.6 Å². The Balaban J connectivity index is 3.06. The number of sulfonamides is 1. The predicted molar refractivity (Wildman–Crippen MR) is 60.8 cm³/mol. The van der Waals surface area contributed by atoms with Gasteiger partial charge in [-0.2, -0.15) is 8.42 Å². The van der Waals surface area contributed by atoms with Crippen LogP contribution in [0.2, 0.25) is 0 Å². The highest BCUT2D eigenvalue weighted by molar-refractivity contribution is 7.90. The Kier molecular flexibility index (Phi) is 2.24. The standard InChI is InChI=1S/C8H10N4O4S/c1-4-9-6-5(17(15,16)10-4)7(13)12(3)8(14)11(6)2/h1-3H3,(H,9,10). The summed E-state index contributed by atoms with van der Waals surface area (Å²) < 4.78 is 28.7. The molecule has 0 spiro atoms. The molecule has 92 valence electrons. The van der Waals surface area contributed by atoms with Crippen LogP contribution in [-0.2, 0) is 24.1 Å². The second-order valence-corrected chi connectivity index (χ2v) is 5.20.